The molecule has 0 aromatic rings. The molecule has 0 fully saturated rings. The smallest absolute Gasteiger partial charge is 0.344 e. The van der Waals surface area contributed by atoms with E-state index in [0.29, 0.717) is 0 Å². The van der Waals surface area contributed by atoms with Gasteiger partial charge >= 0.3 is 35.8 Å². The summed E-state index contributed by atoms with van der Waals surface area (Å²) in [6.07, 6.45) is 0.131. The molecular formula is C24H34O12. The van der Waals surface area contributed by atoms with Gasteiger partial charge in [0.15, 0.2) is 5.92 Å². The number of hydrogen-bond donors (Lipinski definition) is 0. The van der Waals surface area contributed by atoms with E-state index in [1.807, 2.05) is 0 Å². The molecule has 12 heteroatoms. The van der Waals surface area contributed by atoms with E-state index < -0.39 is 78.1 Å². The van der Waals surface area contributed by atoms with Gasteiger partial charge in [-0.2, -0.15) is 0 Å². The second-order valence-electron chi connectivity index (χ2n) is 7.49. The van der Waals surface area contributed by atoms with E-state index in [1.165, 1.54) is 6.92 Å². The van der Waals surface area contributed by atoms with Crippen molar-refractivity contribution in [2.24, 2.45) is 11.3 Å². The van der Waals surface area contributed by atoms with Gasteiger partial charge < -0.3 is 28.4 Å². The van der Waals surface area contributed by atoms with E-state index in [1.54, 1.807) is 27.7 Å². The molecule has 0 bridgehead atoms. The Morgan fingerprint density at radius 3 is 1.28 bits per heavy atom. The predicted molar refractivity (Wildman–Crippen MR) is 123 cm³/mol. The Hall–Kier alpha value is -3.70. The van der Waals surface area contributed by atoms with Gasteiger partial charge in [-0.05, 0) is 34.1 Å². The minimum atomic E-state index is -1.32. The zero-order valence-electron chi connectivity index (χ0n) is 21.3. The van der Waals surface area contributed by atoms with Crippen molar-refractivity contribution in [2.75, 3.05) is 39.6 Å². The second-order valence-corrected chi connectivity index (χ2v) is 7.49. The fourth-order valence-electron chi connectivity index (χ4n) is 2.36. The summed E-state index contributed by atoms with van der Waals surface area (Å²) in [4.78, 5) is 72.2. The molecule has 0 amide bonds. The first-order valence-corrected chi connectivity index (χ1v) is 11.3. The van der Waals surface area contributed by atoms with E-state index in [-0.39, 0.29) is 26.2 Å². The third-order valence-corrected chi connectivity index (χ3v) is 4.82. The van der Waals surface area contributed by atoms with Crippen molar-refractivity contribution >= 4 is 35.8 Å². The number of ether oxygens (including phenoxy) is 6. The maximum Gasteiger partial charge on any atom is 0.344 e. The highest BCUT2D eigenvalue weighted by Gasteiger charge is 2.37. The predicted octanol–water partition coefficient (Wildman–Crippen LogP) is 1.45. The quantitative estimate of drug-likeness (QED) is 0.0961. The van der Waals surface area contributed by atoms with E-state index in [2.05, 4.69) is 13.2 Å². The van der Waals surface area contributed by atoms with Gasteiger partial charge in [0.25, 0.3) is 0 Å². The van der Waals surface area contributed by atoms with Crippen molar-refractivity contribution < 1.29 is 57.2 Å². The molecule has 0 saturated carbocycles. The molecule has 0 radical (unpaired) electrons. The first kappa shape index (κ1) is 32.3. The maximum atomic E-state index is 12.3. The van der Waals surface area contributed by atoms with Crippen LogP contribution in [0, 0.1) is 11.3 Å². The van der Waals surface area contributed by atoms with E-state index >= 15 is 0 Å². The van der Waals surface area contributed by atoms with Crippen LogP contribution in [0.2, 0.25) is 0 Å². The Morgan fingerprint density at radius 1 is 0.583 bits per heavy atom. The van der Waals surface area contributed by atoms with E-state index in [4.69, 9.17) is 28.4 Å². The molecule has 0 heterocycles. The largest absolute Gasteiger partial charge is 0.465 e. The zero-order chi connectivity index (χ0) is 27.9. The van der Waals surface area contributed by atoms with Gasteiger partial charge in [0.2, 0.25) is 0 Å². The van der Waals surface area contributed by atoms with Gasteiger partial charge in [-0.3, -0.25) is 9.59 Å². The number of carbonyl (C=O) groups is 6. The Morgan fingerprint density at radius 2 is 0.917 bits per heavy atom. The third kappa shape index (κ3) is 10.3. The lowest BCUT2D eigenvalue weighted by atomic mass is 9.88. The Labute approximate surface area is 209 Å². The number of carbonyl (C=O) groups excluding carboxylic acids is 6. The summed E-state index contributed by atoms with van der Waals surface area (Å²) < 4.78 is 29.7. The summed E-state index contributed by atoms with van der Waals surface area (Å²) in [5, 5.41) is 0. The Balaban J connectivity index is 5.59. The van der Waals surface area contributed by atoms with E-state index in [0.717, 1.165) is 0 Å². The van der Waals surface area contributed by atoms with Gasteiger partial charge in [0, 0.05) is 0 Å². The fourth-order valence-corrected chi connectivity index (χ4v) is 2.36. The van der Waals surface area contributed by atoms with Crippen LogP contribution in [0.15, 0.2) is 24.3 Å². The van der Waals surface area contributed by atoms with Crippen LogP contribution >= 0.6 is 0 Å². The summed E-state index contributed by atoms with van der Waals surface area (Å²) in [6.45, 7) is 12.9. The summed E-state index contributed by atoms with van der Waals surface area (Å²) in [5.41, 5.74) is -2.45. The highest BCUT2D eigenvalue weighted by atomic mass is 16.6. The molecule has 0 aromatic heterocycles. The molecule has 0 aliphatic heterocycles. The number of rotatable bonds is 16. The van der Waals surface area contributed by atoms with Crippen LogP contribution in [0.1, 0.15) is 41.0 Å². The molecular weight excluding hydrogens is 480 g/mol. The van der Waals surface area contributed by atoms with Gasteiger partial charge in [-0.1, -0.05) is 20.1 Å². The molecule has 0 spiro atoms. The summed E-state index contributed by atoms with van der Waals surface area (Å²) >= 11 is 0. The summed E-state index contributed by atoms with van der Waals surface area (Å²) in [6, 6.07) is 0. The Bertz CT molecular complexity index is 811. The van der Waals surface area contributed by atoms with Crippen LogP contribution in [-0.4, -0.2) is 75.5 Å². The van der Waals surface area contributed by atoms with Crippen LogP contribution in [-0.2, 0) is 57.2 Å². The van der Waals surface area contributed by atoms with Crippen molar-refractivity contribution in [1.29, 1.82) is 0 Å². The average Bonchev–Trinajstić information content (AvgIpc) is 2.86. The van der Waals surface area contributed by atoms with Crippen molar-refractivity contribution in [3.05, 3.63) is 24.3 Å². The fraction of sp³-hybridized carbons (Fsp3) is 0.583. The highest BCUT2D eigenvalue weighted by Crippen LogP contribution is 2.26. The monoisotopic (exact) mass is 514 g/mol. The molecule has 0 saturated heterocycles. The number of esters is 6. The lowest BCUT2D eigenvalue weighted by Gasteiger charge is -2.31. The average molecular weight is 515 g/mol. The molecule has 36 heavy (non-hydrogen) atoms. The minimum Gasteiger partial charge on any atom is -0.465 e. The first-order valence-electron chi connectivity index (χ1n) is 11.3. The molecule has 0 N–H and O–H groups in total. The topological polar surface area (TPSA) is 158 Å². The zero-order valence-corrected chi connectivity index (χ0v) is 21.3. The summed E-state index contributed by atoms with van der Waals surface area (Å²) in [5.74, 6) is -7.10. The van der Waals surface area contributed by atoms with Crippen molar-refractivity contribution in [1.82, 2.24) is 0 Å². The molecule has 0 rings (SSSR count). The first-order chi connectivity index (χ1) is 16.9. The molecule has 12 nitrogen and oxygen atoms in total. The third-order valence-electron chi connectivity index (χ3n) is 4.82. The van der Waals surface area contributed by atoms with Crippen molar-refractivity contribution in [2.45, 2.75) is 41.0 Å². The molecule has 0 aromatic carbocycles. The van der Waals surface area contributed by atoms with Crippen LogP contribution in [0.5, 0.6) is 0 Å². The molecule has 1 unspecified atom stereocenters. The molecule has 202 valence electrons. The SMILES string of the molecule is C=C(C(=O)OCC)C(=O)OCC(CC)(COC(=O)C(=C)C(=O)OCC)COC(=O)C(C)C(=O)OCC. The van der Waals surface area contributed by atoms with Crippen LogP contribution in [0.25, 0.3) is 0 Å². The van der Waals surface area contributed by atoms with Gasteiger partial charge in [-0.15, -0.1) is 0 Å². The second kappa shape index (κ2) is 16.1. The van der Waals surface area contributed by atoms with Crippen molar-refractivity contribution in [3.63, 3.8) is 0 Å². The van der Waals surface area contributed by atoms with Gasteiger partial charge in [0.05, 0.1) is 25.2 Å². The Kier molecular flexibility index (Phi) is 14.4. The van der Waals surface area contributed by atoms with E-state index in [9.17, 15) is 28.8 Å². The maximum absolute atomic E-state index is 12.3. The van der Waals surface area contributed by atoms with Crippen molar-refractivity contribution in [3.8, 4) is 0 Å². The van der Waals surface area contributed by atoms with Crippen LogP contribution in [0.4, 0.5) is 0 Å². The summed E-state index contributed by atoms with van der Waals surface area (Å²) in [7, 11) is 0. The molecule has 1 atom stereocenters. The lowest BCUT2D eigenvalue weighted by Crippen LogP contribution is -2.40. The number of hydrogen-bond acceptors (Lipinski definition) is 12. The molecule has 0 aliphatic carbocycles. The van der Waals surface area contributed by atoms with Crippen LogP contribution in [0.3, 0.4) is 0 Å². The lowest BCUT2D eigenvalue weighted by molar-refractivity contribution is -0.166. The van der Waals surface area contributed by atoms with Gasteiger partial charge in [0.1, 0.15) is 31.0 Å². The van der Waals surface area contributed by atoms with Gasteiger partial charge in [-0.25, -0.2) is 19.2 Å². The normalized spacial score (nSPS) is 11.4. The molecule has 0 aliphatic rings. The minimum absolute atomic E-state index is 0.0128. The standard InChI is InChI=1S/C24H34O12/c1-8-24(12-34-21(28)15(5)18(25)31-9-2,13-35-22(29)16(6)19(26)32-10-3)14-36-23(30)17(7)20(27)33-11-4/h17H,5-6,8-14H2,1-4,7H3. The van der Waals surface area contributed by atoms with Crippen LogP contribution < -0.4 is 0 Å². The highest BCUT2D eigenvalue weighted by molar-refractivity contribution is 6.14.